The molecule has 21 heavy (non-hydrogen) atoms. The number of ketones is 1. The lowest BCUT2D eigenvalue weighted by molar-refractivity contribution is 0.0273. The maximum Gasteiger partial charge on any atom is 0.267 e. The van der Waals surface area contributed by atoms with Crippen molar-refractivity contribution in [3.63, 3.8) is 0 Å². The first-order valence-electron chi connectivity index (χ1n) is 7.76. The molecule has 1 aliphatic carbocycles. The number of carbonyl (C=O) groups is 2. The fourth-order valence-corrected chi connectivity index (χ4v) is 2.58. The molecule has 1 aromatic heterocycles. The highest BCUT2D eigenvalue weighted by atomic mass is 16.5. The highest BCUT2D eigenvalue weighted by Crippen LogP contribution is 2.20. The molecule has 0 saturated heterocycles. The molecule has 5 nitrogen and oxygen atoms in total. The molecule has 0 bridgehead atoms. The van der Waals surface area contributed by atoms with Gasteiger partial charge in [-0.05, 0) is 32.3 Å². The van der Waals surface area contributed by atoms with E-state index in [-0.39, 0.29) is 11.7 Å². The van der Waals surface area contributed by atoms with E-state index in [0.717, 1.165) is 6.42 Å². The second-order valence-electron chi connectivity index (χ2n) is 5.60. The summed E-state index contributed by atoms with van der Waals surface area (Å²) >= 11 is 0. The van der Waals surface area contributed by atoms with Crippen LogP contribution in [-0.4, -0.2) is 35.9 Å². The molecule has 0 atom stereocenters. The van der Waals surface area contributed by atoms with Crippen LogP contribution in [0.15, 0.2) is 12.3 Å². The van der Waals surface area contributed by atoms with Crippen molar-refractivity contribution >= 4 is 11.7 Å². The van der Waals surface area contributed by atoms with Crippen LogP contribution in [0, 0.1) is 0 Å². The molecule has 1 heterocycles. The average molecular weight is 292 g/mol. The van der Waals surface area contributed by atoms with Gasteiger partial charge in [-0.2, -0.15) is 0 Å². The summed E-state index contributed by atoms with van der Waals surface area (Å²) in [6.45, 7) is 2.75. The summed E-state index contributed by atoms with van der Waals surface area (Å²) in [4.78, 5) is 25.8. The number of nitrogens with one attached hydrogen (secondary N) is 2. The molecule has 116 valence electrons. The molecule has 2 N–H and O–H groups in total. The van der Waals surface area contributed by atoms with Crippen LogP contribution in [0.2, 0.25) is 0 Å². The number of rotatable bonds is 7. The Labute approximate surface area is 125 Å². The van der Waals surface area contributed by atoms with Gasteiger partial charge >= 0.3 is 0 Å². The predicted octanol–water partition coefficient (Wildman–Crippen LogP) is 2.69. The quantitative estimate of drug-likeness (QED) is 0.599. The number of hydrogen-bond donors (Lipinski definition) is 2. The van der Waals surface area contributed by atoms with Crippen LogP contribution in [0.3, 0.4) is 0 Å². The zero-order valence-electron chi connectivity index (χ0n) is 12.6. The third kappa shape index (κ3) is 5.01. The summed E-state index contributed by atoms with van der Waals surface area (Å²) < 4.78 is 5.80. The summed E-state index contributed by atoms with van der Waals surface area (Å²) in [5.74, 6) is -0.230. The molecule has 0 radical (unpaired) electrons. The van der Waals surface area contributed by atoms with Gasteiger partial charge in [-0.15, -0.1) is 0 Å². The Morgan fingerprint density at radius 3 is 2.76 bits per heavy atom. The molecular formula is C16H24N2O3. The second kappa shape index (κ2) is 7.98. The lowest BCUT2D eigenvalue weighted by Gasteiger charge is -2.21. The van der Waals surface area contributed by atoms with Crippen molar-refractivity contribution in [1.29, 1.82) is 0 Å². The third-order valence-corrected chi connectivity index (χ3v) is 3.85. The molecule has 0 spiro atoms. The molecule has 1 saturated carbocycles. The fourth-order valence-electron chi connectivity index (χ4n) is 2.58. The van der Waals surface area contributed by atoms with Crippen molar-refractivity contribution in [2.24, 2.45) is 0 Å². The average Bonchev–Trinajstić information content (AvgIpc) is 2.98. The van der Waals surface area contributed by atoms with Crippen molar-refractivity contribution in [1.82, 2.24) is 10.3 Å². The van der Waals surface area contributed by atoms with Gasteiger partial charge in [0.15, 0.2) is 5.78 Å². The van der Waals surface area contributed by atoms with Gasteiger partial charge in [-0.3, -0.25) is 9.59 Å². The van der Waals surface area contributed by atoms with Crippen molar-refractivity contribution in [2.45, 2.75) is 51.6 Å². The molecule has 2 rings (SSSR count). The van der Waals surface area contributed by atoms with Crippen LogP contribution in [0.25, 0.3) is 0 Å². The van der Waals surface area contributed by atoms with E-state index in [0.29, 0.717) is 30.5 Å². The van der Waals surface area contributed by atoms with E-state index in [4.69, 9.17) is 4.74 Å². The van der Waals surface area contributed by atoms with Crippen LogP contribution in [-0.2, 0) is 4.74 Å². The minimum atomic E-state index is -0.180. The lowest BCUT2D eigenvalue weighted by atomic mass is 9.98. The lowest BCUT2D eigenvalue weighted by Crippen LogP contribution is -2.26. The van der Waals surface area contributed by atoms with Gasteiger partial charge in [0.2, 0.25) is 0 Å². The summed E-state index contributed by atoms with van der Waals surface area (Å²) in [7, 11) is 0. The number of hydrogen-bond acceptors (Lipinski definition) is 3. The first-order valence-corrected chi connectivity index (χ1v) is 7.76. The maximum absolute atomic E-state index is 11.9. The minimum Gasteiger partial charge on any atom is -0.378 e. The molecule has 5 heteroatoms. The van der Waals surface area contributed by atoms with E-state index in [1.165, 1.54) is 39.0 Å². The van der Waals surface area contributed by atoms with E-state index in [9.17, 15) is 9.59 Å². The predicted molar refractivity (Wildman–Crippen MR) is 80.6 cm³/mol. The van der Waals surface area contributed by atoms with Crippen LogP contribution in [0.5, 0.6) is 0 Å². The van der Waals surface area contributed by atoms with Crippen molar-refractivity contribution in [2.75, 3.05) is 13.2 Å². The molecule has 1 aliphatic rings. The summed E-state index contributed by atoms with van der Waals surface area (Å²) in [5.41, 5.74) is 0.953. The van der Waals surface area contributed by atoms with Crippen LogP contribution >= 0.6 is 0 Å². The molecule has 1 aromatic rings. The highest BCUT2D eigenvalue weighted by molar-refractivity contribution is 5.99. The number of ether oxygens (including phenoxy) is 1. The van der Waals surface area contributed by atoms with Crippen molar-refractivity contribution in [3.8, 4) is 0 Å². The van der Waals surface area contributed by atoms with Crippen LogP contribution in [0.4, 0.5) is 0 Å². The number of Topliss-reactive ketones (excluding diaryl/α,β-unsaturated/α-hetero) is 1. The molecular weight excluding hydrogens is 268 g/mol. The highest BCUT2D eigenvalue weighted by Gasteiger charge is 2.13. The van der Waals surface area contributed by atoms with E-state index in [2.05, 4.69) is 10.3 Å². The Kier molecular flexibility index (Phi) is 5.99. The van der Waals surface area contributed by atoms with Gasteiger partial charge in [-0.25, -0.2) is 0 Å². The molecule has 1 amide bonds. The van der Waals surface area contributed by atoms with E-state index >= 15 is 0 Å². The Morgan fingerprint density at radius 2 is 2.10 bits per heavy atom. The topological polar surface area (TPSA) is 71.2 Å². The number of carbonyl (C=O) groups excluding carboxylic acids is 2. The zero-order valence-corrected chi connectivity index (χ0v) is 12.6. The normalized spacial score (nSPS) is 15.9. The Morgan fingerprint density at radius 1 is 1.33 bits per heavy atom. The smallest absolute Gasteiger partial charge is 0.267 e. The van der Waals surface area contributed by atoms with Crippen LogP contribution < -0.4 is 5.32 Å². The van der Waals surface area contributed by atoms with Gasteiger partial charge in [0.25, 0.3) is 5.91 Å². The molecule has 0 aliphatic heterocycles. The summed E-state index contributed by atoms with van der Waals surface area (Å²) in [6, 6.07) is 1.58. The first kappa shape index (κ1) is 15.8. The monoisotopic (exact) mass is 292 g/mol. The first-order chi connectivity index (χ1) is 10.2. The zero-order chi connectivity index (χ0) is 15.1. The molecule has 0 unspecified atom stereocenters. The summed E-state index contributed by atoms with van der Waals surface area (Å²) in [5, 5.41) is 2.83. The third-order valence-electron chi connectivity index (χ3n) is 3.85. The van der Waals surface area contributed by atoms with Crippen LogP contribution in [0.1, 0.15) is 66.3 Å². The Bertz CT molecular complexity index is 476. The van der Waals surface area contributed by atoms with Gasteiger partial charge in [0.1, 0.15) is 5.69 Å². The van der Waals surface area contributed by atoms with Gasteiger partial charge in [0, 0.05) is 24.9 Å². The SMILES string of the molecule is CC(=O)c1c[nH]c(C(=O)NCCCOC2CCCCC2)c1. The van der Waals surface area contributed by atoms with Crippen molar-refractivity contribution < 1.29 is 14.3 Å². The number of aromatic amines is 1. The number of amides is 1. The number of aromatic nitrogens is 1. The largest absolute Gasteiger partial charge is 0.378 e. The van der Waals surface area contributed by atoms with E-state index < -0.39 is 0 Å². The van der Waals surface area contributed by atoms with E-state index in [1.54, 1.807) is 12.3 Å². The second-order valence-corrected chi connectivity index (χ2v) is 5.60. The van der Waals surface area contributed by atoms with E-state index in [1.807, 2.05) is 0 Å². The van der Waals surface area contributed by atoms with Gasteiger partial charge in [-0.1, -0.05) is 19.3 Å². The van der Waals surface area contributed by atoms with Crippen molar-refractivity contribution in [3.05, 3.63) is 23.5 Å². The standard InChI is InChI=1S/C16H24N2O3/c1-12(19)13-10-15(18-11-13)16(20)17-8-5-9-21-14-6-3-2-4-7-14/h10-11,14,18H,2-9H2,1H3,(H,17,20). The Balaban J connectivity index is 1.61. The fraction of sp³-hybridized carbons (Fsp3) is 0.625. The Hall–Kier alpha value is -1.62. The molecule has 1 fully saturated rings. The minimum absolute atomic E-state index is 0.0498. The maximum atomic E-state index is 11.9. The van der Waals surface area contributed by atoms with Gasteiger partial charge < -0.3 is 15.0 Å². The van der Waals surface area contributed by atoms with Gasteiger partial charge in [0.05, 0.1) is 6.10 Å². The summed E-state index contributed by atoms with van der Waals surface area (Å²) in [6.07, 6.45) is 8.99. The molecule has 0 aromatic carbocycles. The number of H-pyrrole nitrogens is 1.